The monoisotopic (exact) mass is 267 g/mol. The number of fused-ring (bicyclic) bond motifs is 1. The molecule has 94 valence electrons. The number of benzene rings is 2. The van der Waals surface area contributed by atoms with Crippen molar-refractivity contribution in [1.82, 2.24) is 4.98 Å². The molecule has 2 nitrogen and oxygen atoms in total. The Labute approximate surface area is 115 Å². The number of carbonyl (C=O) groups is 1. The summed E-state index contributed by atoms with van der Waals surface area (Å²) in [5.74, 6) is 0.865. The van der Waals surface area contributed by atoms with Gasteiger partial charge in [-0.15, -0.1) is 11.8 Å². The second-order valence-electron chi connectivity index (χ2n) is 4.31. The number of H-pyrrole nitrogens is 1. The third-order valence-corrected chi connectivity index (χ3v) is 4.24. The Kier molecular flexibility index (Phi) is 3.38. The van der Waals surface area contributed by atoms with E-state index in [0.717, 1.165) is 27.8 Å². The second kappa shape index (κ2) is 5.33. The van der Waals surface area contributed by atoms with Crippen molar-refractivity contribution in [2.24, 2.45) is 0 Å². The lowest BCUT2D eigenvalue weighted by Gasteiger charge is -2.01. The van der Waals surface area contributed by atoms with E-state index in [4.69, 9.17) is 0 Å². The molecule has 0 fully saturated rings. The maximum absolute atomic E-state index is 11.2. The zero-order valence-electron chi connectivity index (χ0n) is 10.3. The maximum Gasteiger partial charge on any atom is 0.167 e. The van der Waals surface area contributed by atoms with E-state index >= 15 is 0 Å². The Balaban J connectivity index is 1.93. The summed E-state index contributed by atoms with van der Waals surface area (Å²) in [5.41, 5.74) is 2.94. The standard InChI is InChI=1S/C16H13NOS/c18-10-15-16(13-8-4-5-9-14(13)17-15)19-11-12-6-2-1-3-7-12/h1-10,17H,11H2. The molecule has 0 bridgehead atoms. The van der Waals surface area contributed by atoms with Gasteiger partial charge in [0.2, 0.25) is 0 Å². The van der Waals surface area contributed by atoms with Gasteiger partial charge in [-0.1, -0.05) is 48.5 Å². The fourth-order valence-electron chi connectivity index (χ4n) is 2.11. The number of hydrogen-bond acceptors (Lipinski definition) is 2. The van der Waals surface area contributed by atoms with Crippen LogP contribution in [0.25, 0.3) is 10.9 Å². The van der Waals surface area contributed by atoms with Gasteiger partial charge in [0.05, 0.1) is 5.69 Å². The van der Waals surface area contributed by atoms with Crippen LogP contribution in [0.1, 0.15) is 16.1 Å². The van der Waals surface area contributed by atoms with Crippen LogP contribution in [0.4, 0.5) is 0 Å². The van der Waals surface area contributed by atoms with E-state index in [0.29, 0.717) is 5.69 Å². The smallest absolute Gasteiger partial charge is 0.167 e. The van der Waals surface area contributed by atoms with Crippen LogP contribution in [-0.4, -0.2) is 11.3 Å². The van der Waals surface area contributed by atoms with E-state index in [1.54, 1.807) is 11.8 Å². The third-order valence-electron chi connectivity index (χ3n) is 3.03. The first-order chi connectivity index (χ1) is 9.38. The lowest BCUT2D eigenvalue weighted by atomic mass is 10.2. The van der Waals surface area contributed by atoms with Gasteiger partial charge in [0.25, 0.3) is 0 Å². The summed E-state index contributed by atoms with van der Waals surface area (Å²) in [7, 11) is 0. The molecule has 0 saturated carbocycles. The van der Waals surface area contributed by atoms with E-state index in [9.17, 15) is 4.79 Å². The first kappa shape index (κ1) is 12.1. The van der Waals surface area contributed by atoms with Crippen molar-refractivity contribution in [3.05, 3.63) is 65.9 Å². The van der Waals surface area contributed by atoms with E-state index in [1.165, 1.54) is 5.56 Å². The predicted octanol–water partition coefficient (Wildman–Crippen LogP) is 4.27. The molecule has 3 aromatic rings. The summed E-state index contributed by atoms with van der Waals surface area (Å²) in [4.78, 5) is 15.4. The van der Waals surface area contributed by atoms with Crippen LogP contribution in [0.3, 0.4) is 0 Å². The minimum atomic E-state index is 0.669. The number of rotatable bonds is 4. The van der Waals surface area contributed by atoms with Crippen molar-refractivity contribution in [1.29, 1.82) is 0 Å². The van der Waals surface area contributed by atoms with Crippen LogP contribution < -0.4 is 0 Å². The van der Waals surface area contributed by atoms with Gasteiger partial charge in [0.1, 0.15) is 0 Å². The average molecular weight is 267 g/mol. The minimum Gasteiger partial charge on any atom is -0.351 e. The van der Waals surface area contributed by atoms with Crippen molar-refractivity contribution in [3.63, 3.8) is 0 Å². The highest BCUT2D eigenvalue weighted by atomic mass is 32.2. The lowest BCUT2D eigenvalue weighted by molar-refractivity contribution is 0.111. The zero-order chi connectivity index (χ0) is 13.1. The highest BCUT2D eigenvalue weighted by Crippen LogP contribution is 2.32. The van der Waals surface area contributed by atoms with Gasteiger partial charge in [-0.05, 0) is 11.6 Å². The normalized spacial score (nSPS) is 10.7. The van der Waals surface area contributed by atoms with Crippen LogP contribution in [0.2, 0.25) is 0 Å². The van der Waals surface area contributed by atoms with E-state index in [2.05, 4.69) is 17.1 Å². The maximum atomic E-state index is 11.2. The molecule has 3 heteroatoms. The molecule has 0 unspecified atom stereocenters. The van der Waals surface area contributed by atoms with Crippen molar-refractivity contribution in [2.45, 2.75) is 10.6 Å². The average Bonchev–Trinajstić information content (AvgIpc) is 2.84. The Morgan fingerprint density at radius 1 is 1.00 bits per heavy atom. The molecule has 0 atom stereocenters. The summed E-state index contributed by atoms with van der Waals surface area (Å²) in [6.45, 7) is 0. The molecule has 0 saturated heterocycles. The summed E-state index contributed by atoms with van der Waals surface area (Å²) in [6.07, 6.45) is 0.896. The highest BCUT2D eigenvalue weighted by Gasteiger charge is 2.10. The largest absolute Gasteiger partial charge is 0.351 e. The molecule has 0 aliphatic rings. The van der Waals surface area contributed by atoms with Gasteiger partial charge in [0, 0.05) is 21.6 Å². The van der Waals surface area contributed by atoms with Crippen LogP contribution in [0.15, 0.2) is 59.5 Å². The van der Waals surface area contributed by atoms with Crippen LogP contribution in [0, 0.1) is 0 Å². The fraction of sp³-hybridized carbons (Fsp3) is 0.0625. The Morgan fingerprint density at radius 2 is 1.74 bits per heavy atom. The van der Waals surface area contributed by atoms with Crippen molar-refractivity contribution >= 4 is 29.0 Å². The number of thioether (sulfide) groups is 1. The molecule has 1 heterocycles. The summed E-state index contributed by atoms with van der Waals surface area (Å²) in [6, 6.07) is 18.3. The number of aldehydes is 1. The molecule has 1 N–H and O–H groups in total. The van der Waals surface area contributed by atoms with E-state index in [-0.39, 0.29) is 0 Å². The molecule has 19 heavy (non-hydrogen) atoms. The summed E-state index contributed by atoms with van der Waals surface area (Å²) >= 11 is 1.70. The van der Waals surface area contributed by atoms with Gasteiger partial charge in [-0.3, -0.25) is 4.79 Å². The lowest BCUT2D eigenvalue weighted by Crippen LogP contribution is -1.84. The van der Waals surface area contributed by atoms with E-state index < -0.39 is 0 Å². The minimum absolute atomic E-state index is 0.669. The quantitative estimate of drug-likeness (QED) is 0.565. The first-order valence-electron chi connectivity index (χ1n) is 6.11. The van der Waals surface area contributed by atoms with Gasteiger partial charge >= 0.3 is 0 Å². The third kappa shape index (κ3) is 2.42. The van der Waals surface area contributed by atoms with Gasteiger partial charge in [-0.25, -0.2) is 0 Å². The van der Waals surface area contributed by atoms with Crippen LogP contribution in [-0.2, 0) is 5.75 Å². The van der Waals surface area contributed by atoms with Crippen molar-refractivity contribution < 1.29 is 4.79 Å². The first-order valence-corrected chi connectivity index (χ1v) is 7.09. The van der Waals surface area contributed by atoms with Crippen LogP contribution >= 0.6 is 11.8 Å². The SMILES string of the molecule is O=Cc1[nH]c2ccccc2c1SCc1ccccc1. The van der Waals surface area contributed by atoms with Gasteiger partial charge in [-0.2, -0.15) is 0 Å². The molecule has 0 aliphatic carbocycles. The van der Waals surface area contributed by atoms with Crippen molar-refractivity contribution in [3.8, 4) is 0 Å². The zero-order valence-corrected chi connectivity index (χ0v) is 11.1. The molecular formula is C16H13NOS. The van der Waals surface area contributed by atoms with Crippen LogP contribution in [0.5, 0.6) is 0 Å². The molecule has 1 aromatic heterocycles. The number of hydrogen-bond donors (Lipinski definition) is 1. The summed E-state index contributed by atoms with van der Waals surface area (Å²) < 4.78 is 0. The van der Waals surface area contributed by atoms with Gasteiger partial charge < -0.3 is 4.98 Å². The molecule has 0 amide bonds. The number of aromatic nitrogens is 1. The Morgan fingerprint density at radius 3 is 2.53 bits per heavy atom. The molecule has 0 radical (unpaired) electrons. The number of nitrogens with one attached hydrogen (secondary N) is 1. The van der Waals surface area contributed by atoms with Gasteiger partial charge in [0.15, 0.2) is 6.29 Å². The Bertz CT molecular complexity index is 703. The molecule has 3 rings (SSSR count). The second-order valence-corrected chi connectivity index (χ2v) is 5.29. The molecular weight excluding hydrogens is 254 g/mol. The summed E-state index contributed by atoms with van der Waals surface area (Å²) in [5, 5.41) is 1.12. The Hall–Kier alpha value is -2.00. The topological polar surface area (TPSA) is 32.9 Å². The number of para-hydroxylation sites is 1. The fourth-order valence-corrected chi connectivity index (χ4v) is 3.20. The molecule has 0 aliphatic heterocycles. The number of carbonyl (C=O) groups excluding carboxylic acids is 1. The highest BCUT2D eigenvalue weighted by molar-refractivity contribution is 7.98. The predicted molar refractivity (Wildman–Crippen MR) is 79.7 cm³/mol. The van der Waals surface area contributed by atoms with E-state index in [1.807, 2.05) is 42.5 Å². The van der Waals surface area contributed by atoms with Crippen molar-refractivity contribution in [2.75, 3.05) is 0 Å². The molecule has 0 spiro atoms. The number of aromatic amines is 1. The molecule has 2 aromatic carbocycles.